The quantitative estimate of drug-likeness (QED) is 0.678. The van der Waals surface area contributed by atoms with E-state index in [1.54, 1.807) is 0 Å². The molecule has 4 rings (SSSR count). The Morgan fingerprint density at radius 3 is 2.41 bits per heavy atom. The van der Waals surface area contributed by atoms with E-state index >= 15 is 0 Å². The van der Waals surface area contributed by atoms with Gasteiger partial charge in [-0.1, -0.05) is 70.5 Å². The molecule has 0 amide bonds. The number of hydrogen-bond donors (Lipinski definition) is 0. The van der Waals surface area contributed by atoms with Crippen molar-refractivity contribution in [1.82, 2.24) is 0 Å². The maximum Gasteiger partial charge on any atom is 0.223 e. The minimum atomic E-state index is -0.774. The molecule has 0 bridgehead atoms. The van der Waals surface area contributed by atoms with Crippen molar-refractivity contribution >= 4 is 28.1 Å². The maximum atomic E-state index is 6.14. The van der Waals surface area contributed by atoms with Gasteiger partial charge in [-0.3, -0.25) is 0 Å². The van der Waals surface area contributed by atoms with Crippen LogP contribution in [0, 0.1) is 0 Å². The van der Waals surface area contributed by atoms with Gasteiger partial charge in [0.2, 0.25) is 5.79 Å². The van der Waals surface area contributed by atoms with Crippen LogP contribution in [-0.4, -0.2) is 13.2 Å². The first-order chi connectivity index (χ1) is 10.7. The molecular weight excluding hydrogens is 340 g/mol. The minimum absolute atomic E-state index is 0.318. The molecule has 1 aliphatic carbocycles. The number of benzene rings is 2. The highest BCUT2D eigenvalue weighted by atomic mass is 79.9. The molecule has 1 saturated heterocycles. The van der Waals surface area contributed by atoms with E-state index in [1.165, 1.54) is 5.56 Å². The Balaban J connectivity index is 1.98. The average Bonchev–Trinajstić information content (AvgIpc) is 2.98. The van der Waals surface area contributed by atoms with Gasteiger partial charge in [0.15, 0.2) is 0 Å². The fourth-order valence-electron chi connectivity index (χ4n) is 3.26. The zero-order chi connectivity index (χ0) is 15.2. The number of rotatable bonds is 1. The zero-order valence-electron chi connectivity index (χ0n) is 12.4. The molecule has 1 unspecified atom stereocenters. The van der Waals surface area contributed by atoms with Gasteiger partial charge in [0.05, 0.1) is 13.2 Å². The number of fused-ring (bicyclic) bond motifs is 4. The second-order valence-corrected chi connectivity index (χ2v) is 7.07. The van der Waals surface area contributed by atoms with E-state index in [4.69, 9.17) is 9.47 Å². The normalized spacial score (nSPS) is 19.5. The van der Waals surface area contributed by atoms with Gasteiger partial charge in [0, 0.05) is 16.0 Å². The molecule has 2 aromatic rings. The number of halogens is 1. The summed E-state index contributed by atoms with van der Waals surface area (Å²) in [6, 6.07) is 14.8. The van der Waals surface area contributed by atoms with Crippen molar-refractivity contribution in [1.29, 1.82) is 0 Å². The largest absolute Gasteiger partial charge is 0.340 e. The standard InChI is InChI=1S/C19H17BrO2/c1-13(20)15-8-9-18-16(12-15)7-6-14-4-2-3-5-17(14)19(18)21-10-11-22-19/h2-9,12-13H,10-11H2,1H3. The zero-order valence-corrected chi connectivity index (χ0v) is 14.0. The van der Waals surface area contributed by atoms with Crippen LogP contribution in [0.15, 0.2) is 42.5 Å². The molecule has 1 heterocycles. The van der Waals surface area contributed by atoms with Gasteiger partial charge < -0.3 is 9.47 Å². The van der Waals surface area contributed by atoms with E-state index in [-0.39, 0.29) is 0 Å². The van der Waals surface area contributed by atoms with Crippen LogP contribution < -0.4 is 0 Å². The number of ether oxygens (including phenoxy) is 2. The van der Waals surface area contributed by atoms with Gasteiger partial charge in [-0.05, 0) is 23.6 Å². The van der Waals surface area contributed by atoms with Crippen molar-refractivity contribution in [3.05, 3.63) is 70.3 Å². The first-order valence-electron chi connectivity index (χ1n) is 7.55. The Morgan fingerprint density at radius 1 is 0.955 bits per heavy atom. The van der Waals surface area contributed by atoms with Crippen molar-refractivity contribution in [3.8, 4) is 0 Å². The molecule has 0 aromatic heterocycles. The smallest absolute Gasteiger partial charge is 0.223 e. The highest BCUT2D eigenvalue weighted by Gasteiger charge is 2.43. The summed E-state index contributed by atoms with van der Waals surface area (Å²) in [4.78, 5) is 0.318. The molecular formula is C19H17BrO2. The molecule has 2 nitrogen and oxygen atoms in total. The molecule has 1 aliphatic heterocycles. The van der Waals surface area contributed by atoms with E-state index in [2.05, 4.69) is 65.3 Å². The van der Waals surface area contributed by atoms with E-state index in [9.17, 15) is 0 Å². The summed E-state index contributed by atoms with van der Waals surface area (Å²) in [6.07, 6.45) is 4.31. The molecule has 2 aromatic carbocycles. The molecule has 1 fully saturated rings. The van der Waals surface area contributed by atoms with Crippen LogP contribution in [0.25, 0.3) is 12.2 Å². The molecule has 112 valence electrons. The van der Waals surface area contributed by atoms with E-state index in [0.717, 1.165) is 22.3 Å². The lowest BCUT2D eigenvalue weighted by atomic mass is 9.91. The van der Waals surface area contributed by atoms with Gasteiger partial charge >= 0.3 is 0 Å². The molecule has 1 spiro atoms. The minimum Gasteiger partial charge on any atom is -0.340 e. The second-order valence-electron chi connectivity index (χ2n) is 5.70. The summed E-state index contributed by atoms with van der Waals surface area (Å²) in [6.45, 7) is 3.37. The van der Waals surface area contributed by atoms with Gasteiger partial charge in [0.25, 0.3) is 0 Å². The fourth-order valence-corrected chi connectivity index (χ4v) is 3.54. The summed E-state index contributed by atoms with van der Waals surface area (Å²) in [5, 5.41) is 0. The Kier molecular flexibility index (Phi) is 3.44. The highest BCUT2D eigenvalue weighted by molar-refractivity contribution is 9.09. The summed E-state index contributed by atoms with van der Waals surface area (Å²) in [7, 11) is 0. The monoisotopic (exact) mass is 356 g/mol. The summed E-state index contributed by atoms with van der Waals surface area (Å²) in [5.41, 5.74) is 5.73. The van der Waals surface area contributed by atoms with E-state index in [1.807, 2.05) is 12.1 Å². The fraction of sp³-hybridized carbons (Fsp3) is 0.263. The first kappa shape index (κ1) is 14.2. The van der Waals surface area contributed by atoms with E-state index in [0.29, 0.717) is 18.0 Å². The molecule has 0 saturated carbocycles. The molecule has 0 N–H and O–H groups in total. The van der Waals surface area contributed by atoms with E-state index < -0.39 is 5.79 Å². The SMILES string of the molecule is CC(Br)c1ccc2c(c1)C=Cc1ccccc1C21OCCO1. The number of hydrogen-bond acceptors (Lipinski definition) is 2. The lowest BCUT2D eigenvalue weighted by molar-refractivity contribution is -0.130. The Hall–Kier alpha value is -1.42. The Bertz CT molecular complexity index is 743. The van der Waals surface area contributed by atoms with Crippen molar-refractivity contribution < 1.29 is 9.47 Å². The predicted molar refractivity (Wildman–Crippen MR) is 91.8 cm³/mol. The predicted octanol–water partition coefficient (Wildman–Crippen LogP) is 4.87. The van der Waals surface area contributed by atoms with Crippen molar-refractivity contribution in [2.75, 3.05) is 13.2 Å². The third kappa shape index (κ3) is 2.08. The molecule has 3 heteroatoms. The number of alkyl halides is 1. The average molecular weight is 357 g/mol. The maximum absolute atomic E-state index is 6.14. The third-order valence-electron chi connectivity index (χ3n) is 4.34. The van der Waals surface area contributed by atoms with Gasteiger partial charge in [-0.2, -0.15) is 0 Å². The highest BCUT2D eigenvalue weighted by Crippen LogP contribution is 2.44. The summed E-state index contributed by atoms with van der Waals surface area (Å²) < 4.78 is 12.3. The van der Waals surface area contributed by atoms with Crippen LogP contribution in [0.1, 0.15) is 39.6 Å². The van der Waals surface area contributed by atoms with Gasteiger partial charge in [-0.15, -0.1) is 0 Å². The van der Waals surface area contributed by atoms with Gasteiger partial charge in [0.1, 0.15) is 0 Å². The Labute approximate surface area is 138 Å². The molecule has 22 heavy (non-hydrogen) atoms. The van der Waals surface area contributed by atoms with Crippen LogP contribution in [0.3, 0.4) is 0 Å². The van der Waals surface area contributed by atoms with Crippen LogP contribution in [0.4, 0.5) is 0 Å². The van der Waals surface area contributed by atoms with Crippen molar-refractivity contribution in [2.24, 2.45) is 0 Å². The van der Waals surface area contributed by atoms with Crippen molar-refractivity contribution in [2.45, 2.75) is 17.5 Å². The van der Waals surface area contributed by atoms with Gasteiger partial charge in [-0.25, -0.2) is 0 Å². The first-order valence-corrected chi connectivity index (χ1v) is 8.46. The van der Waals surface area contributed by atoms with Crippen LogP contribution in [0.5, 0.6) is 0 Å². The molecule has 2 aliphatic rings. The second kappa shape index (κ2) is 5.34. The summed E-state index contributed by atoms with van der Waals surface area (Å²) >= 11 is 3.65. The topological polar surface area (TPSA) is 18.5 Å². The lowest BCUT2D eigenvalue weighted by Gasteiger charge is -2.30. The van der Waals surface area contributed by atoms with Crippen molar-refractivity contribution in [3.63, 3.8) is 0 Å². The van der Waals surface area contributed by atoms with Crippen LogP contribution in [-0.2, 0) is 15.3 Å². The third-order valence-corrected chi connectivity index (χ3v) is 4.87. The lowest BCUT2D eigenvalue weighted by Crippen LogP contribution is -2.30. The molecule has 1 atom stereocenters. The van der Waals surface area contributed by atoms with Crippen LogP contribution in [0.2, 0.25) is 0 Å². The van der Waals surface area contributed by atoms with Crippen LogP contribution >= 0.6 is 15.9 Å². The Morgan fingerprint density at radius 2 is 1.64 bits per heavy atom. The summed E-state index contributed by atoms with van der Waals surface area (Å²) in [5.74, 6) is -0.774. The molecule has 0 radical (unpaired) electrons.